The molecule has 102 valence electrons. The first-order chi connectivity index (χ1) is 9.51. The van der Waals surface area contributed by atoms with Crippen LogP contribution in [0.5, 0.6) is 11.6 Å². The Hall–Kier alpha value is -2.12. The van der Waals surface area contributed by atoms with Crippen LogP contribution in [0.25, 0.3) is 0 Å². The fourth-order valence-corrected chi connectivity index (χ4v) is 2.20. The van der Waals surface area contributed by atoms with E-state index in [1.165, 1.54) is 0 Å². The zero-order chi connectivity index (χ0) is 14.7. The maximum absolute atomic E-state index is 8.68. The van der Waals surface area contributed by atoms with Crippen molar-refractivity contribution in [3.05, 3.63) is 46.1 Å². The maximum Gasteiger partial charge on any atom is 0.238 e. The van der Waals surface area contributed by atoms with E-state index in [9.17, 15) is 0 Å². The lowest BCUT2D eigenvalue weighted by Gasteiger charge is -2.13. The van der Waals surface area contributed by atoms with Crippen LogP contribution in [0.15, 0.2) is 24.3 Å². The van der Waals surface area contributed by atoms with Gasteiger partial charge in [0.25, 0.3) is 0 Å². The molecular weight excluding hydrogens is 274 g/mol. The number of hydrogen-bond acceptors (Lipinski definition) is 4. The third-order valence-electron chi connectivity index (χ3n) is 2.89. The predicted octanol–water partition coefficient (Wildman–Crippen LogP) is 4.23. The van der Waals surface area contributed by atoms with Crippen molar-refractivity contribution < 1.29 is 4.74 Å². The zero-order valence-electron chi connectivity index (χ0n) is 11.5. The Bertz CT molecular complexity index is 660. The average Bonchev–Trinajstić information content (AvgIpc) is 2.42. The highest BCUT2D eigenvalue weighted by Crippen LogP contribution is 2.33. The van der Waals surface area contributed by atoms with Crippen LogP contribution in [0.4, 0.5) is 0 Å². The number of benzene rings is 1. The second-order valence-corrected chi connectivity index (χ2v) is 5.17. The van der Waals surface area contributed by atoms with E-state index in [-0.39, 0.29) is 5.69 Å². The molecule has 0 N–H and O–H groups in total. The molecule has 1 aromatic heterocycles. The van der Waals surface area contributed by atoms with Crippen LogP contribution in [0.3, 0.4) is 0 Å². The van der Waals surface area contributed by atoms with Crippen molar-refractivity contribution in [3.63, 3.8) is 0 Å². The third kappa shape index (κ3) is 3.06. The number of ether oxygens (including phenoxy) is 1. The van der Waals surface area contributed by atoms with Gasteiger partial charge < -0.3 is 4.74 Å². The molecule has 0 aliphatic carbocycles. The molecule has 0 unspecified atom stereocenters. The van der Waals surface area contributed by atoms with E-state index in [4.69, 9.17) is 21.6 Å². The SMILES string of the molecule is Cc1cc(Cl)c(C(C)C)cc1Oc1ccc(C#N)nn1. The Labute approximate surface area is 123 Å². The van der Waals surface area contributed by atoms with Crippen LogP contribution in [0.2, 0.25) is 5.02 Å². The number of nitrogens with zero attached hydrogens (tertiary/aromatic N) is 3. The number of nitriles is 1. The third-order valence-corrected chi connectivity index (χ3v) is 3.21. The second kappa shape index (κ2) is 5.89. The molecular formula is C15H14ClN3O. The van der Waals surface area contributed by atoms with Gasteiger partial charge in [-0.3, -0.25) is 0 Å². The lowest BCUT2D eigenvalue weighted by atomic mass is 10.0. The highest BCUT2D eigenvalue weighted by Gasteiger charge is 2.11. The van der Waals surface area contributed by atoms with E-state index in [1.807, 2.05) is 25.1 Å². The van der Waals surface area contributed by atoms with Gasteiger partial charge in [0.2, 0.25) is 5.88 Å². The lowest BCUT2D eigenvalue weighted by Crippen LogP contribution is -1.96. The molecule has 0 saturated heterocycles. The first-order valence-electron chi connectivity index (χ1n) is 6.23. The molecule has 2 rings (SSSR count). The molecule has 0 amide bonds. The molecule has 0 aliphatic heterocycles. The zero-order valence-corrected chi connectivity index (χ0v) is 12.3. The molecule has 2 aromatic rings. The largest absolute Gasteiger partial charge is 0.437 e. The van der Waals surface area contributed by atoms with Gasteiger partial charge in [0.05, 0.1) is 0 Å². The Morgan fingerprint density at radius 2 is 2.00 bits per heavy atom. The van der Waals surface area contributed by atoms with Gasteiger partial charge in [-0.1, -0.05) is 25.4 Å². The first-order valence-corrected chi connectivity index (χ1v) is 6.60. The van der Waals surface area contributed by atoms with Crippen molar-refractivity contribution in [1.29, 1.82) is 5.26 Å². The number of hydrogen-bond donors (Lipinski definition) is 0. The molecule has 1 aromatic carbocycles. The van der Waals surface area contributed by atoms with Crippen LogP contribution in [-0.4, -0.2) is 10.2 Å². The number of rotatable bonds is 3. The smallest absolute Gasteiger partial charge is 0.238 e. The Morgan fingerprint density at radius 1 is 1.25 bits per heavy atom. The highest BCUT2D eigenvalue weighted by molar-refractivity contribution is 6.31. The molecule has 0 saturated carbocycles. The first kappa shape index (κ1) is 14.3. The molecule has 0 spiro atoms. The molecule has 1 heterocycles. The van der Waals surface area contributed by atoms with E-state index in [0.717, 1.165) is 16.1 Å². The van der Waals surface area contributed by atoms with E-state index >= 15 is 0 Å². The van der Waals surface area contributed by atoms with Crippen LogP contribution in [0.1, 0.15) is 36.6 Å². The van der Waals surface area contributed by atoms with E-state index in [0.29, 0.717) is 17.5 Å². The summed E-state index contributed by atoms with van der Waals surface area (Å²) in [7, 11) is 0. The average molecular weight is 288 g/mol. The minimum Gasteiger partial charge on any atom is -0.437 e. The van der Waals surface area contributed by atoms with Crippen LogP contribution in [0, 0.1) is 18.3 Å². The van der Waals surface area contributed by atoms with Gasteiger partial charge in [0.1, 0.15) is 11.8 Å². The fourth-order valence-electron chi connectivity index (χ4n) is 1.77. The summed E-state index contributed by atoms with van der Waals surface area (Å²) in [6.45, 7) is 6.06. The van der Waals surface area contributed by atoms with Gasteiger partial charge in [-0.15, -0.1) is 10.2 Å². The molecule has 0 fully saturated rings. The lowest BCUT2D eigenvalue weighted by molar-refractivity contribution is 0.450. The van der Waals surface area contributed by atoms with E-state index < -0.39 is 0 Å². The minimum absolute atomic E-state index is 0.257. The van der Waals surface area contributed by atoms with Gasteiger partial charge in [-0.25, -0.2) is 0 Å². The van der Waals surface area contributed by atoms with E-state index in [1.54, 1.807) is 12.1 Å². The maximum atomic E-state index is 8.68. The quantitative estimate of drug-likeness (QED) is 0.848. The summed E-state index contributed by atoms with van der Waals surface area (Å²) < 4.78 is 5.71. The van der Waals surface area contributed by atoms with Crippen molar-refractivity contribution in [2.45, 2.75) is 26.7 Å². The summed E-state index contributed by atoms with van der Waals surface area (Å²) >= 11 is 6.22. The van der Waals surface area contributed by atoms with Gasteiger partial charge in [-0.05, 0) is 42.2 Å². The van der Waals surface area contributed by atoms with Crippen molar-refractivity contribution in [3.8, 4) is 17.7 Å². The Morgan fingerprint density at radius 3 is 2.55 bits per heavy atom. The van der Waals surface area contributed by atoms with Gasteiger partial charge >= 0.3 is 0 Å². The van der Waals surface area contributed by atoms with Crippen LogP contribution < -0.4 is 4.74 Å². The monoisotopic (exact) mass is 287 g/mol. The Balaban J connectivity index is 2.33. The van der Waals surface area contributed by atoms with Crippen molar-refractivity contribution in [2.24, 2.45) is 0 Å². The van der Waals surface area contributed by atoms with Gasteiger partial charge in [0, 0.05) is 11.1 Å². The summed E-state index contributed by atoms with van der Waals surface area (Å²) in [6.07, 6.45) is 0. The fraction of sp³-hybridized carbons (Fsp3) is 0.267. The van der Waals surface area contributed by atoms with E-state index in [2.05, 4.69) is 24.0 Å². The molecule has 0 radical (unpaired) electrons. The van der Waals surface area contributed by atoms with Crippen molar-refractivity contribution >= 4 is 11.6 Å². The summed E-state index contributed by atoms with van der Waals surface area (Å²) in [6, 6.07) is 8.90. The molecule has 0 aliphatic rings. The van der Waals surface area contributed by atoms with Crippen LogP contribution in [-0.2, 0) is 0 Å². The summed E-state index contributed by atoms with van der Waals surface area (Å²) in [5, 5.41) is 17.0. The topological polar surface area (TPSA) is 58.8 Å². The molecule has 0 atom stereocenters. The summed E-state index contributed by atoms with van der Waals surface area (Å²) in [4.78, 5) is 0. The normalized spacial score (nSPS) is 10.4. The summed E-state index contributed by atoms with van der Waals surface area (Å²) in [5.74, 6) is 1.35. The Kier molecular flexibility index (Phi) is 4.21. The van der Waals surface area contributed by atoms with Crippen molar-refractivity contribution in [1.82, 2.24) is 10.2 Å². The second-order valence-electron chi connectivity index (χ2n) is 4.76. The van der Waals surface area contributed by atoms with Crippen LogP contribution >= 0.6 is 11.6 Å². The number of aromatic nitrogens is 2. The molecule has 4 nitrogen and oxygen atoms in total. The number of aryl methyl sites for hydroxylation is 1. The molecule has 0 bridgehead atoms. The standard InChI is InChI=1S/C15H14ClN3O/c1-9(2)12-7-14(10(3)6-13(12)16)20-15-5-4-11(8-17)18-19-15/h4-7,9H,1-3H3. The van der Waals surface area contributed by atoms with Gasteiger partial charge in [0.15, 0.2) is 5.69 Å². The minimum atomic E-state index is 0.257. The highest BCUT2D eigenvalue weighted by atomic mass is 35.5. The molecule has 5 heteroatoms. The van der Waals surface area contributed by atoms with Gasteiger partial charge in [-0.2, -0.15) is 5.26 Å². The molecule has 20 heavy (non-hydrogen) atoms. The number of halogens is 1. The predicted molar refractivity (Wildman–Crippen MR) is 77.1 cm³/mol. The summed E-state index contributed by atoms with van der Waals surface area (Å²) in [5.41, 5.74) is 2.20. The van der Waals surface area contributed by atoms with Crippen molar-refractivity contribution in [2.75, 3.05) is 0 Å².